The third-order valence-electron chi connectivity index (χ3n) is 2.07. The van der Waals surface area contributed by atoms with E-state index >= 15 is 0 Å². The van der Waals surface area contributed by atoms with Crippen LogP contribution in [0.3, 0.4) is 0 Å². The third kappa shape index (κ3) is 3.97. The summed E-state index contributed by atoms with van der Waals surface area (Å²) in [6.45, 7) is 5.50. The standard InChI is InChI=1S/C11H18N4/c1-3-6-14-11(12)15-8-10-9(2)5-4-7-13-10/h4-5,7H,3,6,8H2,1-2H3,(H3,12,14,15). The van der Waals surface area contributed by atoms with Crippen LogP contribution in [0.4, 0.5) is 0 Å². The van der Waals surface area contributed by atoms with Crippen molar-refractivity contribution in [3.8, 4) is 0 Å². The minimum absolute atomic E-state index is 0.488. The van der Waals surface area contributed by atoms with Crippen LogP contribution in [0.5, 0.6) is 0 Å². The van der Waals surface area contributed by atoms with E-state index in [-0.39, 0.29) is 0 Å². The Kier molecular flexibility index (Phi) is 4.60. The number of hydrogen-bond acceptors (Lipinski definition) is 2. The molecule has 1 rings (SSSR count). The molecule has 1 aromatic heterocycles. The number of guanidine groups is 1. The summed E-state index contributed by atoms with van der Waals surface area (Å²) < 4.78 is 0. The summed E-state index contributed by atoms with van der Waals surface area (Å²) in [5.41, 5.74) is 7.78. The van der Waals surface area contributed by atoms with Crippen LogP contribution in [-0.4, -0.2) is 17.5 Å². The highest BCUT2D eigenvalue weighted by atomic mass is 15.1. The normalized spacial score (nSPS) is 11.5. The Morgan fingerprint density at radius 3 is 3.07 bits per heavy atom. The molecule has 0 fully saturated rings. The number of aromatic nitrogens is 1. The Labute approximate surface area is 90.6 Å². The molecule has 0 radical (unpaired) electrons. The van der Waals surface area contributed by atoms with E-state index < -0.39 is 0 Å². The quantitative estimate of drug-likeness (QED) is 0.575. The number of rotatable bonds is 4. The molecular formula is C11H18N4. The lowest BCUT2D eigenvalue weighted by Gasteiger charge is -2.04. The van der Waals surface area contributed by atoms with E-state index in [2.05, 4.69) is 22.2 Å². The van der Waals surface area contributed by atoms with Crippen molar-refractivity contribution >= 4 is 5.96 Å². The Morgan fingerprint density at radius 1 is 1.60 bits per heavy atom. The van der Waals surface area contributed by atoms with Crippen LogP contribution >= 0.6 is 0 Å². The van der Waals surface area contributed by atoms with Crippen LogP contribution < -0.4 is 11.1 Å². The maximum atomic E-state index is 5.67. The van der Waals surface area contributed by atoms with Gasteiger partial charge >= 0.3 is 0 Å². The van der Waals surface area contributed by atoms with Gasteiger partial charge in [-0.3, -0.25) is 4.98 Å². The lowest BCUT2D eigenvalue weighted by molar-refractivity contribution is 0.822. The molecule has 4 heteroatoms. The van der Waals surface area contributed by atoms with E-state index in [0.717, 1.165) is 24.2 Å². The molecule has 0 aliphatic rings. The number of aliphatic imine (C=N–C) groups is 1. The van der Waals surface area contributed by atoms with Gasteiger partial charge in [-0.1, -0.05) is 13.0 Å². The number of nitrogens with two attached hydrogens (primary N) is 1. The summed E-state index contributed by atoms with van der Waals surface area (Å²) in [5.74, 6) is 0.488. The topological polar surface area (TPSA) is 63.3 Å². The fraction of sp³-hybridized carbons (Fsp3) is 0.455. The predicted octanol–water partition coefficient (Wildman–Crippen LogP) is 1.20. The number of nitrogens with zero attached hydrogens (tertiary/aromatic N) is 2. The van der Waals surface area contributed by atoms with E-state index in [1.54, 1.807) is 6.20 Å². The second-order valence-electron chi connectivity index (χ2n) is 3.40. The molecule has 0 unspecified atom stereocenters. The van der Waals surface area contributed by atoms with E-state index in [1.165, 1.54) is 0 Å². The van der Waals surface area contributed by atoms with Crippen LogP contribution in [-0.2, 0) is 6.54 Å². The van der Waals surface area contributed by atoms with Gasteiger partial charge in [0.2, 0.25) is 0 Å². The number of aryl methyl sites for hydroxylation is 1. The van der Waals surface area contributed by atoms with Crippen LogP contribution in [0.1, 0.15) is 24.6 Å². The van der Waals surface area contributed by atoms with Crippen molar-refractivity contribution in [2.24, 2.45) is 10.7 Å². The van der Waals surface area contributed by atoms with Gasteiger partial charge in [0.05, 0.1) is 12.2 Å². The van der Waals surface area contributed by atoms with Gasteiger partial charge in [0.1, 0.15) is 0 Å². The van der Waals surface area contributed by atoms with Gasteiger partial charge in [-0.2, -0.15) is 0 Å². The molecule has 0 aliphatic heterocycles. The summed E-state index contributed by atoms with van der Waals surface area (Å²) >= 11 is 0. The van der Waals surface area contributed by atoms with Gasteiger partial charge in [-0.05, 0) is 25.0 Å². The van der Waals surface area contributed by atoms with E-state index in [9.17, 15) is 0 Å². The van der Waals surface area contributed by atoms with E-state index in [1.807, 2.05) is 19.1 Å². The second-order valence-corrected chi connectivity index (χ2v) is 3.40. The molecule has 0 amide bonds. The highest BCUT2D eigenvalue weighted by molar-refractivity contribution is 5.77. The summed E-state index contributed by atoms with van der Waals surface area (Å²) in [7, 11) is 0. The second kappa shape index (κ2) is 6.01. The van der Waals surface area contributed by atoms with Gasteiger partial charge in [0.25, 0.3) is 0 Å². The van der Waals surface area contributed by atoms with Gasteiger partial charge in [0.15, 0.2) is 5.96 Å². The van der Waals surface area contributed by atoms with Gasteiger partial charge in [-0.25, -0.2) is 4.99 Å². The Morgan fingerprint density at radius 2 is 2.40 bits per heavy atom. The molecule has 1 aromatic rings. The molecule has 0 spiro atoms. The molecule has 0 bridgehead atoms. The molecule has 0 aliphatic carbocycles. The summed E-state index contributed by atoms with van der Waals surface area (Å²) in [5, 5.41) is 3.02. The lowest BCUT2D eigenvalue weighted by Crippen LogP contribution is -2.32. The Hall–Kier alpha value is -1.58. The van der Waals surface area contributed by atoms with E-state index in [0.29, 0.717) is 12.5 Å². The smallest absolute Gasteiger partial charge is 0.188 e. The Bertz CT molecular complexity index is 333. The zero-order valence-electron chi connectivity index (χ0n) is 9.33. The minimum Gasteiger partial charge on any atom is -0.370 e. The highest BCUT2D eigenvalue weighted by Gasteiger charge is 1.97. The maximum Gasteiger partial charge on any atom is 0.188 e. The monoisotopic (exact) mass is 206 g/mol. The van der Waals surface area contributed by atoms with Crippen LogP contribution in [0.2, 0.25) is 0 Å². The number of hydrogen-bond donors (Lipinski definition) is 2. The van der Waals surface area contributed by atoms with Crippen molar-refractivity contribution in [2.45, 2.75) is 26.8 Å². The molecular weight excluding hydrogens is 188 g/mol. The van der Waals surface area contributed by atoms with Crippen molar-refractivity contribution in [2.75, 3.05) is 6.54 Å². The summed E-state index contributed by atoms with van der Waals surface area (Å²) in [6, 6.07) is 3.94. The first-order valence-electron chi connectivity index (χ1n) is 5.18. The number of pyridine rings is 1. The van der Waals surface area contributed by atoms with Gasteiger partial charge in [0, 0.05) is 12.7 Å². The predicted molar refractivity (Wildman–Crippen MR) is 62.6 cm³/mol. The molecule has 0 saturated carbocycles. The van der Waals surface area contributed by atoms with Gasteiger partial charge < -0.3 is 11.1 Å². The maximum absolute atomic E-state index is 5.67. The Balaban J connectivity index is 2.52. The molecule has 82 valence electrons. The van der Waals surface area contributed by atoms with Crippen LogP contribution in [0, 0.1) is 6.92 Å². The third-order valence-corrected chi connectivity index (χ3v) is 2.07. The van der Waals surface area contributed by atoms with Crippen LogP contribution in [0.25, 0.3) is 0 Å². The van der Waals surface area contributed by atoms with Crippen molar-refractivity contribution in [1.82, 2.24) is 10.3 Å². The van der Waals surface area contributed by atoms with Crippen LogP contribution in [0.15, 0.2) is 23.3 Å². The first-order valence-corrected chi connectivity index (χ1v) is 5.18. The molecule has 0 saturated heterocycles. The molecule has 0 aromatic carbocycles. The molecule has 15 heavy (non-hydrogen) atoms. The summed E-state index contributed by atoms with van der Waals surface area (Å²) in [6.07, 6.45) is 2.81. The van der Waals surface area contributed by atoms with Crippen molar-refractivity contribution < 1.29 is 0 Å². The van der Waals surface area contributed by atoms with Crippen molar-refractivity contribution in [1.29, 1.82) is 0 Å². The lowest BCUT2D eigenvalue weighted by atomic mass is 10.2. The molecule has 1 heterocycles. The average Bonchev–Trinajstić information content (AvgIpc) is 2.25. The first kappa shape index (κ1) is 11.5. The average molecular weight is 206 g/mol. The fourth-order valence-electron chi connectivity index (χ4n) is 1.15. The SMILES string of the molecule is CCCNC(N)=NCc1ncccc1C. The van der Waals surface area contributed by atoms with Crippen molar-refractivity contribution in [3.63, 3.8) is 0 Å². The molecule has 0 atom stereocenters. The van der Waals surface area contributed by atoms with Crippen molar-refractivity contribution in [3.05, 3.63) is 29.6 Å². The molecule has 3 N–H and O–H groups in total. The minimum atomic E-state index is 0.488. The highest BCUT2D eigenvalue weighted by Crippen LogP contribution is 2.03. The largest absolute Gasteiger partial charge is 0.370 e. The van der Waals surface area contributed by atoms with E-state index in [4.69, 9.17) is 5.73 Å². The fourth-order valence-corrected chi connectivity index (χ4v) is 1.15. The summed E-state index contributed by atoms with van der Waals surface area (Å²) in [4.78, 5) is 8.45. The first-order chi connectivity index (χ1) is 7.24. The van der Waals surface area contributed by atoms with Gasteiger partial charge in [-0.15, -0.1) is 0 Å². The number of nitrogens with one attached hydrogen (secondary N) is 1. The zero-order valence-corrected chi connectivity index (χ0v) is 9.33. The molecule has 4 nitrogen and oxygen atoms in total. The zero-order chi connectivity index (χ0) is 11.1.